The number of fused-ring (bicyclic) bond motifs is 1. The Morgan fingerprint density at radius 2 is 1.80 bits per heavy atom. The third-order valence-electron chi connectivity index (χ3n) is 4.74. The van der Waals surface area contributed by atoms with Crippen LogP contribution in [0.1, 0.15) is 26.2 Å². The van der Waals surface area contributed by atoms with Gasteiger partial charge in [0.25, 0.3) is 0 Å². The van der Waals surface area contributed by atoms with E-state index in [0.29, 0.717) is 12.0 Å². The molecule has 86 valence electrons. The van der Waals surface area contributed by atoms with E-state index in [2.05, 4.69) is 16.7 Å². The zero-order valence-corrected chi connectivity index (χ0v) is 9.73. The molecule has 0 amide bonds. The number of likely N-dealkylation sites (tertiary alicyclic amines) is 1. The molecule has 0 spiro atoms. The Labute approximate surface area is 92.6 Å². The van der Waals surface area contributed by atoms with Crippen LogP contribution in [-0.4, -0.2) is 54.1 Å². The lowest BCUT2D eigenvalue weighted by Crippen LogP contribution is -2.42. The van der Waals surface area contributed by atoms with Crippen molar-refractivity contribution in [1.29, 1.82) is 0 Å². The molecule has 4 unspecified atom stereocenters. The van der Waals surface area contributed by atoms with Crippen LogP contribution in [0.15, 0.2) is 0 Å². The monoisotopic (exact) mass is 209 g/mol. The summed E-state index contributed by atoms with van der Waals surface area (Å²) in [5, 5.41) is 0. The van der Waals surface area contributed by atoms with Crippen LogP contribution in [0, 0.1) is 5.92 Å². The summed E-state index contributed by atoms with van der Waals surface area (Å²) < 4.78 is 0. The molecule has 4 atom stereocenters. The first kappa shape index (κ1) is 10.1. The van der Waals surface area contributed by atoms with Crippen LogP contribution >= 0.6 is 0 Å². The van der Waals surface area contributed by atoms with Crippen LogP contribution in [0.3, 0.4) is 0 Å². The average Bonchev–Trinajstić information content (AvgIpc) is 2.81. The highest BCUT2D eigenvalue weighted by molar-refractivity contribution is 5.00. The number of hydrogen-bond acceptors (Lipinski definition) is 3. The normalized spacial score (nSPS) is 47.6. The summed E-state index contributed by atoms with van der Waals surface area (Å²) in [4.78, 5) is 5.37. The van der Waals surface area contributed by atoms with E-state index in [1.807, 2.05) is 0 Å². The predicted molar refractivity (Wildman–Crippen MR) is 61.7 cm³/mol. The molecule has 0 bridgehead atoms. The van der Waals surface area contributed by atoms with Gasteiger partial charge in [-0.05, 0) is 31.7 Å². The Kier molecular flexibility index (Phi) is 2.49. The van der Waals surface area contributed by atoms with Crippen LogP contribution in [0.25, 0.3) is 0 Å². The summed E-state index contributed by atoms with van der Waals surface area (Å²) in [7, 11) is 0. The van der Waals surface area contributed by atoms with Gasteiger partial charge in [0.15, 0.2) is 0 Å². The van der Waals surface area contributed by atoms with Crippen molar-refractivity contribution in [3.8, 4) is 0 Å². The molecule has 0 aliphatic carbocycles. The number of nitrogens with zero attached hydrogens (tertiary/aromatic N) is 2. The summed E-state index contributed by atoms with van der Waals surface area (Å²) in [6.07, 6.45) is 4.21. The average molecular weight is 209 g/mol. The molecule has 2 N–H and O–H groups in total. The highest BCUT2D eigenvalue weighted by Crippen LogP contribution is 2.33. The molecule has 3 heterocycles. The fraction of sp³-hybridized carbons (Fsp3) is 1.00. The van der Waals surface area contributed by atoms with Crippen molar-refractivity contribution in [3.63, 3.8) is 0 Å². The highest BCUT2D eigenvalue weighted by Gasteiger charge is 2.42. The van der Waals surface area contributed by atoms with E-state index >= 15 is 0 Å². The van der Waals surface area contributed by atoms with Crippen molar-refractivity contribution in [1.82, 2.24) is 9.80 Å². The summed E-state index contributed by atoms with van der Waals surface area (Å²) >= 11 is 0. The van der Waals surface area contributed by atoms with Crippen molar-refractivity contribution >= 4 is 0 Å². The molecule has 3 aliphatic heterocycles. The van der Waals surface area contributed by atoms with Gasteiger partial charge in [0.1, 0.15) is 0 Å². The Bertz CT molecular complexity index is 233. The van der Waals surface area contributed by atoms with E-state index in [1.165, 1.54) is 38.9 Å². The standard InChI is InChI=1S/C12H23N3/c1-9-7-15(8-10(9)13)12-4-6-14-5-2-3-11(12)14/h9-12H,2-8,13H2,1H3. The largest absolute Gasteiger partial charge is 0.326 e. The van der Waals surface area contributed by atoms with Gasteiger partial charge in [-0.25, -0.2) is 0 Å². The smallest absolute Gasteiger partial charge is 0.0264 e. The van der Waals surface area contributed by atoms with Gasteiger partial charge in [-0.1, -0.05) is 6.92 Å². The maximum absolute atomic E-state index is 6.12. The summed E-state index contributed by atoms with van der Waals surface area (Å²) in [5.41, 5.74) is 6.12. The molecule has 0 radical (unpaired) electrons. The molecular formula is C12H23N3. The fourth-order valence-electron chi connectivity index (χ4n) is 3.78. The van der Waals surface area contributed by atoms with Gasteiger partial charge < -0.3 is 5.73 Å². The number of hydrogen-bond donors (Lipinski definition) is 1. The van der Waals surface area contributed by atoms with Crippen LogP contribution in [0.5, 0.6) is 0 Å². The number of nitrogens with two attached hydrogens (primary N) is 1. The molecule has 3 saturated heterocycles. The van der Waals surface area contributed by atoms with Gasteiger partial charge in [0.05, 0.1) is 0 Å². The van der Waals surface area contributed by atoms with E-state index in [-0.39, 0.29) is 0 Å². The first-order valence-corrected chi connectivity index (χ1v) is 6.49. The molecule has 15 heavy (non-hydrogen) atoms. The lowest BCUT2D eigenvalue weighted by molar-refractivity contribution is 0.186. The second-order valence-electron chi connectivity index (χ2n) is 5.70. The Morgan fingerprint density at radius 3 is 2.53 bits per heavy atom. The maximum atomic E-state index is 6.12. The number of rotatable bonds is 1. The van der Waals surface area contributed by atoms with E-state index < -0.39 is 0 Å². The second kappa shape index (κ2) is 3.72. The van der Waals surface area contributed by atoms with Crippen molar-refractivity contribution in [2.45, 2.75) is 44.3 Å². The maximum Gasteiger partial charge on any atom is 0.0264 e. The molecule has 3 rings (SSSR count). The van der Waals surface area contributed by atoms with E-state index in [4.69, 9.17) is 5.73 Å². The molecule has 3 aliphatic rings. The van der Waals surface area contributed by atoms with Crippen molar-refractivity contribution in [2.75, 3.05) is 26.2 Å². The van der Waals surface area contributed by atoms with E-state index in [0.717, 1.165) is 18.6 Å². The molecule has 3 fully saturated rings. The van der Waals surface area contributed by atoms with Gasteiger partial charge in [0, 0.05) is 37.8 Å². The molecule has 0 aromatic rings. The second-order valence-corrected chi connectivity index (χ2v) is 5.70. The van der Waals surface area contributed by atoms with Crippen LogP contribution in [0.4, 0.5) is 0 Å². The minimum absolute atomic E-state index is 0.417. The third kappa shape index (κ3) is 1.61. The summed E-state index contributed by atoms with van der Waals surface area (Å²) in [6.45, 7) is 7.34. The van der Waals surface area contributed by atoms with E-state index in [9.17, 15) is 0 Å². The van der Waals surface area contributed by atoms with Gasteiger partial charge >= 0.3 is 0 Å². The van der Waals surface area contributed by atoms with Crippen LogP contribution in [0.2, 0.25) is 0 Å². The van der Waals surface area contributed by atoms with Gasteiger partial charge in [-0.15, -0.1) is 0 Å². The van der Waals surface area contributed by atoms with Crippen LogP contribution < -0.4 is 5.73 Å². The van der Waals surface area contributed by atoms with E-state index in [1.54, 1.807) is 0 Å². The van der Waals surface area contributed by atoms with Gasteiger partial charge in [0.2, 0.25) is 0 Å². The third-order valence-corrected chi connectivity index (χ3v) is 4.74. The first-order chi connectivity index (χ1) is 7.25. The quantitative estimate of drug-likeness (QED) is 0.683. The first-order valence-electron chi connectivity index (χ1n) is 6.49. The molecule has 0 aromatic heterocycles. The van der Waals surface area contributed by atoms with Crippen molar-refractivity contribution < 1.29 is 0 Å². The Morgan fingerprint density at radius 1 is 1.00 bits per heavy atom. The summed E-state index contributed by atoms with van der Waals surface area (Å²) in [5.74, 6) is 0.695. The minimum Gasteiger partial charge on any atom is -0.326 e. The minimum atomic E-state index is 0.417. The molecular weight excluding hydrogens is 186 g/mol. The zero-order chi connectivity index (χ0) is 10.4. The highest BCUT2D eigenvalue weighted by atomic mass is 15.3. The van der Waals surface area contributed by atoms with Crippen molar-refractivity contribution in [2.24, 2.45) is 11.7 Å². The van der Waals surface area contributed by atoms with Crippen LogP contribution in [-0.2, 0) is 0 Å². The van der Waals surface area contributed by atoms with Gasteiger partial charge in [-0.3, -0.25) is 9.80 Å². The molecule has 3 nitrogen and oxygen atoms in total. The molecule has 3 heteroatoms. The van der Waals surface area contributed by atoms with Crippen molar-refractivity contribution in [3.05, 3.63) is 0 Å². The van der Waals surface area contributed by atoms with Gasteiger partial charge in [-0.2, -0.15) is 0 Å². The molecule has 0 saturated carbocycles. The fourth-order valence-corrected chi connectivity index (χ4v) is 3.78. The summed E-state index contributed by atoms with van der Waals surface area (Å²) in [6, 6.07) is 2.10. The SMILES string of the molecule is CC1CN(C2CCN3CCCC23)CC1N. The Hall–Kier alpha value is -0.120. The lowest BCUT2D eigenvalue weighted by Gasteiger charge is -2.29. The predicted octanol–water partition coefficient (Wildman–Crippen LogP) is 0.502. The zero-order valence-electron chi connectivity index (χ0n) is 9.73. The molecule has 0 aromatic carbocycles. The lowest BCUT2D eigenvalue weighted by atomic mass is 10.1. The Balaban J connectivity index is 1.68. The topological polar surface area (TPSA) is 32.5 Å².